The summed E-state index contributed by atoms with van der Waals surface area (Å²) in [4.78, 5) is 4.88. The third-order valence-corrected chi connectivity index (χ3v) is 20.4. The molecule has 0 bridgehead atoms. The van der Waals surface area contributed by atoms with Crippen LogP contribution in [0.25, 0.3) is 133 Å². The fourth-order valence-corrected chi connectivity index (χ4v) is 15.6. The number of benzene rings is 16. The fraction of sp³-hybridized carbons (Fsp3) is 0.0204. The predicted octanol–water partition coefficient (Wildman–Crippen LogP) is 27.1. The molecule has 2 heterocycles. The summed E-state index contributed by atoms with van der Waals surface area (Å²) in [5.41, 5.74) is 29.7. The molecule has 18 aromatic rings. The van der Waals surface area contributed by atoms with Gasteiger partial charge in [0.25, 0.3) is 0 Å². The Hall–Kier alpha value is -13.3. The van der Waals surface area contributed by atoms with E-state index in [1.807, 2.05) is 0 Å². The van der Waals surface area contributed by atoms with Crippen LogP contribution in [0.1, 0.15) is 11.4 Å². The van der Waals surface area contributed by atoms with E-state index in [-0.39, 0.29) is 0 Å². The molecule has 16 aromatic carbocycles. The van der Waals surface area contributed by atoms with Crippen LogP contribution in [0.2, 0.25) is 0 Å². The summed E-state index contributed by atoms with van der Waals surface area (Å²) in [5.74, 6) is 0. The molecular formula is C98H70N4. The molecular weight excluding hydrogens is 1230 g/mol. The molecule has 0 saturated carbocycles. The van der Waals surface area contributed by atoms with Crippen molar-refractivity contribution in [1.82, 2.24) is 9.13 Å². The van der Waals surface area contributed by atoms with Gasteiger partial charge in [0.2, 0.25) is 0 Å². The highest BCUT2D eigenvalue weighted by molar-refractivity contribution is 6.06. The van der Waals surface area contributed by atoms with Crippen molar-refractivity contribution in [3.8, 4) is 89.3 Å². The van der Waals surface area contributed by atoms with E-state index in [1.165, 1.54) is 88.2 Å². The molecule has 0 atom stereocenters. The van der Waals surface area contributed by atoms with Crippen molar-refractivity contribution in [3.63, 3.8) is 0 Å². The molecule has 0 unspecified atom stereocenters. The highest BCUT2D eigenvalue weighted by atomic mass is 15.2. The molecule has 0 radical (unpaired) electrons. The van der Waals surface area contributed by atoms with Crippen LogP contribution < -0.4 is 9.80 Å². The maximum atomic E-state index is 2.45. The Bertz CT molecular complexity index is 5600. The molecule has 18 rings (SSSR count). The molecule has 0 amide bonds. The molecule has 0 aliphatic heterocycles. The minimum atomic E-state index is 1.06. The van der Waals surface area contributed by atoms with Crippen molar-refractivity contribution in [2.45, 2.75) is 13.8 Å². The van der Waals surface area contributed by atoms with Crippen molar-refractivity contribution in [2.24, 2.45) is 0 Å². The number of nitrogens with zero attached hydrogens (tertiary/aromatic N) is 4. The number of fused-ring (bicyclic) bond motifs is 4. The lowest BCUT2D eigenvalue weighted by Crippen LogP contribution is -2.11. The predicted molar refractivity (Wildman–Crippen MR) is 432 cm³/mol. The minimum Gasteiger partial charge on any atom is -0.313 e. The van der Waals surface area contributed by atoms with E-state index in [4.69, 9.17) is 0 Å². The Morgan fingerprint density at radius 1 is 0.196 bits per heavy atom. The Balaban J connectivity index is 0.748. The van der Waals surface area contributed by atoms with Crippen molar-refractivity contribution in [2.75, 3.05) is 9.80 Å². The van der Waals surface area contributed by atoms with Crippen LogP contribution in [0.5, 0.6) is 0 Å². The third-order valence-electron chi connectivity index (χ3n) is 20.4. The summed E-state index contributed by atoms with van der Waals surface area (Å²) in [6.07, 6.45) is 0. The number of rotatable bonds is 15. The zero-order valence-electron chi connectivity index (χ0n) is 56.7. The smallest absolute Gasteiger partial charge is 0.0540 e. The SMILES string of the molecule is Cc1c(-c2ccccc2)c2cc(-c3ccc4c(c3)c(-c3ccccc3)c(C)n4-c3ccc(N(c4cc(-c5ccccc5)cc(-c5ccccc5)c4)c4cccc5ccccc45)cc3)ccc2n1-c1ccc(N(c2cc(-c3ccccc3)cc(-c3ccccc3)c2)c2cccc3ccccc23)cc1. The Labute approximate surface area is 595 Å². The first-order valence-electron chi connectivity index (χ1n) is 35.1. The van der Waals surface area contributed by atoms with E-state index < -0.39 is 0 Å². The van der Waals surface area contributed by atoms with Crippen molar-refractivity contribution >= 4 is 77.5 Å². The van der Waals surface area contributed by atoms with E-state index >= 15 is 0 Å². The van der Waals surface area contributed by atoms with Gasteiger partial charge in [-0.15, -0.1) is 0 Å². The molecule has 0 fully saturated rings. The first kappa shape index (κ1) is 61.1. The summed E-state index contributed by atoms with van der Waals surface area (Å²) in [7, 11) is 0. The zero-order chi connectivity index (χ0) is 68.0. The maximum absolute atomic E-state index is 2.45. The lowest BCUT2D eigenvalue weighted by atomic mass is 9.96. The van der Waals surface area contributed by atoms with E-state index in [0.29, 0.717) is 0 Å². The Morgan fingerprint density at radius 2 is 0.490 bits per heavy atom. The van der Waals surface area contributed by atoms with Gasteiger partial charge < -0.3 is 18.9 Å². The number of hydrogen-bond acceptors (Lipinski definition) is 2. The molecule has 0 aliphatic carbocycles. The zero-order valence-corrected chi connectivity index (χ0v) is 56.7. The number of hydrogen-bond donors (Lipinski definition) is 0. The van der Waals surface area contributed by atoms with Crippen LogP contribution in [0.4, 0.5) is 34.1 Å². The molecule has 2 aromatic heterocycles. The van der Waals surface area contributed by atoms with Gasteiger partial charge in [0.1, 0.15) is 0 Å². The van der Waals surface area contributed by atoms with Crippen LogP contribution in [0.15, 0.2) is 388 Å². The van der Waals surface area contributed by atoms with Crippen LogP contribution in [0, 0.1) is 13.8 Å². The van der Waals surface area contributed by atoms with E-state index in [9.17, 15) is 0 Å². The molecule has 4 nitrogen and oxygen atoms in total. The highest BCUT2D eigenvalue weighted by Crippen LogP contribution is 2.48. The van der Waals surface area contributed by atoms with Crippen molar-refractivity contribution in [1.29, 1.82) is 0 Å². The Morgan fingerprint density at radius 3 is 0.824 bits per heavy atom. The lowest BCUT2D eigenvalue weighted by Gasteiger charge is -2.28. The normalized spacial score (nSPS) is 11.4. The summed E-state index contributed by atoms with van der Waals surface area (Å²) >= 11 is 0. The quantitative estimate of drug-likeness (QED) is 0.102. The lowest BCUT2D eigenvalue weighted by molar-refractivity contribution is 1.05. The molecule has 0 aliphatic rings. The largest absolute Gasteiger partial charge is 0.313 e. The molecule has 0 spiro atoms. The number of aromatic nitrogens is 2. The summed E-state index contributed by atoms with van der Waals surface area (Å²) in [6.45, 7) is 4.56. The second-order valence-electron chi connectivity index (χ2n) is 26.5. The van der Waals surface area contributed by atoms with Gasteiger partial charge in [0.05, 0.1) is 22.4 Å². The van der Waals surface area contributed by atoms with E-state index in [0.717, 1.165) is 89.9 Å². The van der Waals surface area contributed by atoms with Gasteiger partial charge >= 0.3 is 0 Å². The van der Waals surface area contributed by atoms with Crippen LogP contribution in [-0.2, 0) is 0 Å². The third kappa shape index (κ3) is 11.2. The average Bonchev–Trinajstić information content (AvgIpc) is 1.53. The van der Waals surface area contributed by atoms with Gasteiger partial charge in [-0.05, 0) is 213 Å². The second-order valence-corrected chi connectivity index (χ2v) is 26.5. The summed E-state index contributed by atoms with van der Waals surface area (Å²) < 4.78 is 4.90. The standard InChI is InChI=1S/C98H70N4/c1-67-97(75-37-17-7-18-38-75)91-65-77(47-57-95(91)99(67)83-49-53-85(54-50-83)101(93-45-25-41-73-35-21-23-43-89(73)93)87-61-79(69-27-9-3-10-28-69)59-80(62-87)70-29-11-4-12-30-70)78-48-58-96-92(66-78)98(76-39-19-8-20-40-76)68(2)100(96)84-51-55-86(56-52-84)102(94-46-26-42-74-36-22-24-44-90(74)94)88-63-81(71-31-13-5-14-32-71)60-82(64-88)72-33-15-6-16-34-72/h3-66H,1-2H3. The van der Waals surface area contributed by atoms with Gasteiger partial charge in [0, 0.05) is 78.2 Å². The van der Waals surface area contributed by atoms with Gasteiger partial charge in [-0.3, -0.25) is 0 Å². The minimum absolute atomic E-state index is 1.06. The maximum Gasteiger partial charge on any atom is 0.0540 e. The van der Waals surface area contributed by atoms with Crippen LogP contribution >= 0.6 is 0 Å². The fourth-order valence-electron chi connectivity index (χ4n) is 15.6. The van der Waals surface area contributed by atoms with E-state index in [1.54, 1.807) is 0 Å². The molecule has 0 saturated heterocycles. The molecule has 482 valence electrons. The first-order chi connectivity index (χ1) is 50.4. The van der Waals surface area contributed by atoms with Crippen LogP contribution in [-0.4, -0.2) is 9.13 Å². The van der Waals surface area contributed by atoms with Gasteiger partial charge in [-0.25, -0.2) is 0 Å². The molecule has 4 heteroatoms. The monoisotopic (exact) mass is 1300 g/mol. The molecule has 102 heavy (non-hydrogen) atoms. The van der Waals surface area contributed by atoms with Crippen LogP contribution in [0.3, 0.4) is 0 Å². The van der Waals surface area contributed by atoms with Gasteiger partial charge in [0.15, 0.2) is 0 Å². The topological polar surface area (TPSA) is 16.3 Å². The number of anilines is 6. The first-order valence-corrected chi connectivity index (χ1v) is 35.1. The van der Waals surface area contributed by atoms with Gasteiger partial charge in [-0.2, -0.15) is 0 Å². The van der Waals surface area contributed by atoms with Crippen molar-refractivity contribution in [3.05, 3.63) is 400 Å². The van der Waals surface area contributed by atoms with E-state index in [2.05, 4.69) is 421 Å². The summed E-state index contributed by atoms with van der Waals surface area (Å²) in [5, 5.41) is 7.13. The highest BCUT2D eigenvalue weighted by Gasteiger charge is 2.25. The average molecular weight is 1300 g/mol. The van der Waals surface area contributed by atoms with Crippen molar-refractivity contribution < 1.29 is 0 Å². The second kappa shape index (κ2) is 26.2. The molecule has 0 N–H and O–H groups in total. The summed E-state index contributed by atoms with van der Waals surface area (Å²) in [6, 6.07) is 142. The van der Waals surface area contributed by atoms with Gasteiger partial charge in [-0.1, -0.05) is 267 Å². The Kier molecular flexibility index (Phi) is 15.7.